The number of benzene rings is 1. The molecule has 1 aromatic rings. The molecule has 1 saturated carbocycles. The second kappa shape index (κ2) is 6.22. The zero-order valence-electron chi connectivity index (χ0n) is 10.2. The van der Waals surface area contributed by atoms with Gasteiger partial charge in [0, 0.05) is 0 Å². The van der Waals surface area contributed by atoms with E-state index in [1.54, 1.807) is 0 Å². The van der Waals surface area contributed by atoms with Gasteiger partial charge >= 0.3 is 0 Å². The van der Waals surface area contributed by atoms with E-state index in [9.17, 15) is 5.11 Å². The van der Waals surface area contributed by atoms with Gasteiger partial charge in [0.1, 0.15) is 11.9 Å². The van der Waals surface area contributed by atoms with Crippen molar-refractivity contribution >= 4 is 10.2 Å². The van der Waals surface area contributed by atoms with Gasteiger partial charge in [0.05, 0.1) is 12.1 Å². The van der Waals surface area contributed by atoms with E-state index in [1.807, 2.05) is 40.6 Å². The second-order valence-corrected chi connectivity index (χ2v) is 5.50. The van der Waals surface area contributed by atoms with Gasteiger partial charge in [-0.15, -0.1) is 0 Å². The Hall–Kier alpha value is -0.803. The molecular formula is C14H21O2Si+. The van der Waals surface area contributed by atoms with Crippen LogP contribution in [-0.2, 0) is 0 Å². The smallest absolute Gasteiger partial charge is 0.283 e. The molecule has 3 unspecified atom stereocenters. The predicted octanol–water partition coefficient (Wildman–Crippen LogP) is 2.04. The Labute approximate surface area is 106 Å². The standard InChI is InChI=1S/C14H21O2Si/c15-14-11(9-10-17)5-4-8-13(14)16-12-6-2-1-3-7-12/h1-3,6-7,11,13-15H,4-5,8-10,17H2/q+1. The number of para-hydroxylation sites is 1. The predicted molar refractivity (Wildman–Crippen MR) is 72.2 cm³/mol. The first-order valence-corrected chi connectivity index (χ1v) is 7.50. The van der Waals surface area contributed by atoms with Gasteiger partial charge in [-0.1, -0.05) is 18.2 Å². The summed E-state index contributed by atoms with van der Waals surface area (Å²) in [5.41, 5.74) is 0. The van der Waals surface area contributed by atoms with E-state index in [-0.39, 0.29) is 12.2 Å². The van der Waals surface area contributed by atoms with Crippen LogP contribution in [0.1, 0.15) is 25.7 Å². The minimum Gasteiger partial charge on any atom is -0.488 e. The Balaban J connectivity index is 1.96. The molecule has 0 bridgehead atoms. The minimum atomic E-state index is -0.297. The van der Waals surface area contributed by atoms with Crippen LogP contribution in [0.25, 0.3) is 0 Å². The van der Waals surface area contributed by atoms with Crippen molar-refractivity contribution in [3.05, 3.63) is 30.3 Å². The molecule has 17 heavy (non-hydrogen) atoms. The number of hydrogen-bond acceptors (Lipinski definition) is 2. The van der Waals surface area contributed by atoms with E-state index < -0.39 is 0 Å². The molecule has 0 aliphatic heterocycles. The molecule has 2 nitrogen and oxygen atoms in total. The molecule has 0 radical (unpaired) electrons. The average Bonchev–Trinajstić information content (AvgIpc) is 2.36. The number of hydrogen-bond donors (Lipinski definition) is 1. The summed E-state index contributed by atoms with van der Waals surface area (Å²) in [4.78, 5) is 0. The van der Waals surface area contributed by atoms with Crippen molar-refractivity contribution in [2.24, 2.45) is 5.92 Å². The summed E-state index contributed by atoms with van der Waals surface area (Å²) in [5.74, 6) is 1.30. The number of ether oxygens (including phenoxy) is 1. The largest absolute Gasteiger partial charge is 0.488 e. The molecule has 2 rings (SSSR count). The highest BCUT2D eigenvalue weighted by molar-refractivity contribution is 6.08. The van der Waals surface area contributed by atoms with Crippen molar-refractivity contribution in [2.45, 2.75) is 43.9 Å². The lowest BCUT2D eigenvalue weighted by Crippen LogP contribution is -2.41. The molecule has 1 aromatic carbocycles. The van der Waals surface area contributed by atoms with Crippen LogP contribution >= 0.6 is 0 Å². The third kappa shape index (κ3) is 3.33. The van der Waals surface area contributed by atoms with E-state index in [0.29, 0.717) is 5.92 Å². The number of aliphatic hydroxyl groups excluding tert-OH is 1. The maximum Gasteiger partial charge on any atom is 0.283 e. The van der Waals surface area contributed by atoms with Crippen molar-refractivity contribution in [3.63, 3.8) is 0 Å². The van der Waals surface area contributed by atoms with Crippen molar-refractivity contribution in [1.82, 2.24) is 0 Å². The molecule has 1 aliphatic carbocycles. The highest BCUT2D eigenvalue weighted by atomic mass is 28.1. The van der Waals surface area contributed by atoms with Gasteiger partial charge in [-0.3, -0.25) is 0 Å². The molecule has 92 valence electrons. The van der Waals surface area contributed by atoms with Gasteiger partial charge < -0.3 is 9.84 Å². The van der Waals surface area contributed by atoms with Crippen LogP contribution in [0.2, 0.25) is 6.04 Å². The lowest BCUT2D eigenvalue weighted by Gasteiger charge is -2.34. The quantitative estimate of drug-likeness (QED) is 0.828. The van der Waals surface area contributed by atoms with Crippen molar-refractivity contribution in [2.75, 3.05) is 0 Å². The first-order chi connectivity index (χ1) is 8.31. The fourth-order valence-corrected chi connectivity index (χ4v) is 3.13. The lowest BCUT2D eigenvalue weighted by atomic mass is 9.83. The van der Waals surface area contributed by atoms with Crippen LogP contribution in [0, 0.1) is 5.92 Å². The molecule has 1 N–H and O–H groups in total. The molecule has 0 aromatic heterocycles. The van der Waals surface area contributed by atoms with E-state index >= 15 is 0 Å². The highest BCUT2D eigenvalue weighted by Crippen LogP contribution is 2.30. The topological polar surface area (TPSA) is 29.5 Å². The average molecular weight is 249 g/mol. The third-order valence-corrected chi connectivity index (χ3v) is 3.94. The monoisotopic (exact) mass is 249 g/mol. The Bertz CT molecular complexity index is 326. The maximum atomic E-state index is 10.3. The zero-order chi connectivity index (χ0) is 12.1. The summed E-state index contributed by atoms with van der Waals surface area (Å²) >= 11 is 0. The molecule has 0 spiro atoms. The fraction of sp³-hybridized carbons (Fsp3) is 0.571. The second-order valence-electron chi connectivity index (χ2n) is 4.79. The summed E-state index contributed by atoms with van der Waals surface area (Å²) in [6, 6.07) is 11.0. The first-order valence-electron chi connectivity index (χ1n) is 6.50. The maximum absolute atomic E-state index is 10.3. The Kier molecular flexibility index (Phi) is 4.63. The Morgan fingerprint density at radius 1 is 1.24 bits per heavy atom. The summed E-state index contributed by atoms with van der Waals surface area (Å²) in [6.07, 6.45) is 4.09. The van der Waals surface area contributed by atoms with Crippen molar-refractivity contribution < 1.29 is 9.84 Å². The Morgan fingerprint density at radius 2 is 2.00 bits per heavy atom. The molecule has 3 atom stereocenters. The Morgan fingerprint density at radius 3 is 2.71 bits per heavy atom. The van der Waals surface area contributed by atoms with Gasteiger partial charge in [0.2, 0.25) is 0 Å². The molecule has 0 amide bonds. The van der Waals surface area contributed by atoms with Crippen LogP contribution in [-0.4, -0.2) is 27.6 Å². The fourth-order valence-electron chi connectivity index (χ4n) is 2.61. The van der Waals surface area contributed by atoms with Crippen LogP contribution in [0.3, 0.4) is 0 Å². The molecular weight excluding hydrogens is 228 g/mol. The van der Waals surface area contributed by atoms with E-state index in [1.165, 1.54) is 12.5 Å². The molecule has 0 heterocycles. The van der Waals surface area contributed by atoms with Gasteiger partial charge in [-0.25, -0.2) is 0 Å². The van der Waals surface area contributed by atoms with Crippen molar-refractivity contribution in [1.29, 1.82) is 0 Å². The molecule has 0 saturated heterocycles. The summed E-state index contributed by atoms with van der Waals surface area (Å²) in [6.45, 7) is 0. The number of rotatable bonds is 4. The lowest BCUT2D eigenvalue weighted by molar-refractivity contribution is -0.0320. The molecule has 1 fully saturated rings. The van der Waals surface area contributed by atoms with Crippen LogP contribution < -0.4 is 4.74 Å². The summed E-state index contributed by atoms with van der Waals surface area (Å²) < 4.78 is 5.90. The van der Waals surface area contributed by atoms with Gasteiger partial charge in [0.15, 0.2) is 0 Å². The van der Waals surface area contributed by atoms with Gasteiger partial charge in [0.25, 0.3) is 10.2 Å². The van der Waals surface area contributed by atoms with Crippen LogP contribution in [0.5, 0.6) is 5.75 Å². The SMILES string of the molecule is OC1C(CC[SiH2+])CCCC1Oc1ccccc1. The van der Waals surface area contributed by atoms with Gasteiger partial charge in [-0.05, 0) is 43.7 Å². The third-order valence-electron chi connectivity index (χ3n) is 3.53. The summed E-state index contributed by atoms with van der Waals surface area (Å²) in [5, 5.41) is 10.3. The van der Waals surface area contributed by atoms with Gasteiger partial charge in [-0.2, -0.15) is 0 Å². The van der Waals surface area contributed by atoms with E-state index in [0.717, 1.165) is 25.0 Å². The number of aliphatic hydroxyl groups is 1. The molecule has 1 aliphatic rings. The van der Waals surface area contributed by atoms with Crippen LogP contribution in [0.4, 0.5) is 0 Å². The minimum absolute atomic E-state index is 0.0222. The van der Waals surface area contributed by atoms with E-state index in [4.69, 9.17) is 4.74 Å². The molecule has 3 heteroatoms. The zero-order valence-corrected chi connectivity index (χ0v) is 11.6. The summed E-state index contributed by atoms with van der Waals surface area (Å²) in [7, 11) is 1.99. The van der Waals surface area contributed by atoms with E-state index in [2.05, 4.69) is 0 Å². The first kappa shape index (κ1) is 12.6. The van der Waals surface area contributed by atoms with Crippen molar-refractivity contribution in [3.8, 4) is 5.75 Å². The normalized spacial score (nSPS) is 28.9. The van der Waals surface area contributed by atoms with Crippen LogP contribution in [0.15, 0.2) is 30.3 Å². The highest BCUT2D eigenvalue weighted by Gasteiger charge is 2.33.